The number of hydrogen-bond acceptors (Lipinski definition) is 6. The number of nitrogens with two attached hydrogens (primary N) is 1. The molecule has 0 bridgehead atoms. The first-order chi connectivity index (χ1) is 8.45. The van der Waals surface area contributed by atoms with Crippen LogP contribution in [0.1, 0.15) is 11.8 Å². The lowest BCUT2D eigenvalue weighted by Crippen LogP contribution is -2.34. The van der Waals surface area contributed by atoms with Crippen LogP contribution in [-0.2, 0) is 4.74 Å². The van der Waals surface area contributed by atoms with Gasteiger partial charge in [-0.3, -0.25) is 4.57 Å². The van der Waals surface area contributed by atoms with Crippen LogP contribution in [0.2, 0.25) is 0 Å². The fourth-order valence-electron chi connectivity index (χ4n) is 1.85. The molecule has 0 aliphatic carbocycles. The molecule has 4 N–H and O–H groups in total. The highest BCUT2D eigenvalue weighted by Crippen LogP contribution is 2.30. The molecule has 1 fully saturated rings. The van der Waals surface area contributed by atoms with Crippen molar-refractivity contribution < 1.29 is 19.3 Å². The Labute approximate surface area is 102 Å². The van der Waals surface area contributed by atoms with Gasteiger partial charge in [0, 0.05) is 11.8 Å². The smallest absolute Gasteiger partial charge is 0.351 e. The van der Waals surface area contributed by atoms with Crippen LogP contribution in [-0.4, -0.2) is 44.8 Å². The summed E-state index contributed by atoms with van der Waals surface area (Å²) in [5, 5.41) is 18.6. The summed E-state index contributed by atoms with van der Waals surface area (Å²) in [5.41, 5.74) is 5.23. The van der Waals surface area contributed by atoms with Gasteiger partial charge in [-0.05, 0) is 6.92 Å². The predicted molar refractivity (Wildman–Crippen MR) is 59.5 cm³/mol. The van der Waals surface area contributed by atoms with Gasteiger partial charge in [0.05, 0.1) is 6.61 Å². The third-order valence-electron chi connectivity index (χ3n) is 2.92. The van der Waals surface area contributed by atoms with Gasteiger partial charge >= 0.3 is 5.69 Å². The lowest BCUT2D eigenvalue weighted by molar-refractivity contribution is -0.0537. The summed E-state index contributed by atoms with van der Waals surface area (Å²) in [4.78, 5) is 15.2. The van der Waals surface area contributed by atoms with E-state index in [0.29, 0.717) is 5.56 Å². The molecule has 18 heavy (non-hydrogen) atoms. The first kappa shape index (κ1) is 12.9. The van der Waals surface area contributed by atoms with Gasteiger partial charge in [-0.1, -0.05) is 0 Å². The van der Waals surface area contributed by atoms with Crippen LogP contribution in [0.25, 0.3) is 0 Å². The Bertz CT molecular complexity index is 506. The third kappa shape index (κ3) is 1.98. The zero-order chi connectivity index (χ0) is 13.4. The number of anilines is 1. The number of aliphatic hydroxyl groups excluding tert-OH is 2. The molecule has 0 spiro atoms. The molecule has 7 nitrogen and oxygen atoms in total. The molecule has 1 aromatic rings. The van der Waals surface area contributed by atoms with E-state index in [4.69, 9.17) is 15.6 Å². The number of rotatable bonds is 2. The Balaban J connectivity index is 2.39. The summed E-state index contributed by atoms with van der Waals surface area (Å²) in [6.07, 6.45) is -4.33. The summed E-state index contributed by atoms with van der Waals surface area (Å²) in [6.45, 7) is 1.04. The van der Waals surface area contributed by atoms with Gasteiger partial charge in [0.2, 0.25) is 0 Å². The SMILES string of the molecule is Cc1cn([C@@H]2O[C@H](CO)C(F)[C@@H]2O)c(=O)nc1N. The fraction of sp³-hybridized carbons (Fsp3) is 0.600. The van der Waals surface area contributed by atoms with E-state index < -0.39 is 36.9 Å². The predicted octanol–water partition coefficient (Wildman–Crippen LogP) is -1.28. The number of aryl methyl sites for hydroxylation is 1. The number of aromatic nitrogens is 2. The van der Waals surface area contributed by atoms with Crippen LogP contribution in [0.15, 0.2) is 11.0 Å². The van der Waals surface area contributed by atoms with Crippen molar-refractivity contribution in [2.75, 3.05) is 12.3 Å². The number of alkyl halides is 1. The number of nitrogen functional groups attached to an aromatic ring is 1. The minimum Gasteiger partial charge on any atom is -0.394 e. The van der Waals surface area contributed by atoms with E-state index in [2.05, 4.69) is 4.98 Å². The maximum atomic E-state index is 13.5. The molecule has 2 heterocycles. The third-order valence-corrected chi connectivity index (χ3v) is 2.92. The first-order valence-electron chi connectivity index (χ1n) is 5.39. The van der Waals surface area contributed by atoms with E-state index in [0.717, 1.165) is 4.57 Å². The molecule has 1 saturated heterocycles. The van der Waals surface area contributed by atoms with Crippen LogP contribution in [0.3, 0.4) is 0 Å². The van der Waals surface area contributed by atoms with Gasteiger partial charge in [0.1, 0.15) is 18.0 Å². The van der Waals surface area contributed by atoms with Gasteiger partial charge in [-0.15, -0.1) is 0 Å². The summed E-state index contributed by atoms with van der Waals surface area (Å²) in [6, 6.07) is 0. The number of halogens is 1. The minimum atomic E-state index is -1.76. The molecule has 0 radical (unpaired) electrons. The average Bonchev–Trinajstić information content (AvgIpc) is 2.61. The summed E-state index contributed by atoms with van der Waals surface area (Å²) in [7, 11) is 0. The van der Waals surface area contributed by atoms with Crippen molar-refractivity contribution in [3.05, 3.63) is 22.2 Å². The van der Waals surface area contributed by atoms with E-state index >= 15 is 0 Å². The van der Waals surface area contributed by atoms with Gasteiger partial charge in [-0.2, -0.15) is 4.98 Å². The van der Waals surface area contributed by atoms with E-state index in [1.165, 1.54) is 6.20 Å². The quantitative estimate of drug-likeness (QED) is 0.610. The molecule has 1 unspecified atom stereocenters. The standard InChI is InChI=1S/C10H14FN3O4/c1-4-2-14(10(17)13-8(4)12)9-7(16)6(11)5(3-15)18-9/h2,5-7,9,15-16H,3H2,1H3,(H2,12,13,17)/t5-,6?,7+,9-/m1/s1. The van der Waals surface area contributed by atoms with Crippen molar-refractivity contribution in [1.29, 1.82) is 0 Å². The summed E-state index contributed by atoms with van der Waals surface area (Å²) >= 11 is 0. The maximum Gasteiger partial charge on any atom is 0.351 e. The van der Waals surface area contributed by atoms with Crippen molar-refractivity contribution in [3.8, 4) is 0 Å². The van der Waals surface area contributed by atoms with Gasteiger partial charge in [-0.25, -0.2) is 9.18 Å². The number of ether oxygens (including phenoxy) is 1. The molecular weight excluding hydrogens is 245 g/mol. The molecule has 0 saturated carbocycles. The van der Waals surface area contributed by atoms with Gasteiger partial charge in [0.15, 0.2) is 12.4 Å². The highest BCUT2D eigenvalue weighted by atomic mass is 19.1. The second-order valence-electron chi connectivity index (χ2n) is 4.18. The molecule has 2 rings (SSSR count). The molecule has 8 heteroatoms. The molecule has 0 aromatic carbocycles. The molecule has 1 aliphatic heterocycles. The summed E-state index contributed by atoms with van der Waals surface area (Å²) in [5.74, 6) is 0.0687. The lowest BCUT2D eigenvalue weighted by Gasteiger charge is -2.17. The topological polar surface area (TPSA) is 111 Å². The highest BCUT2D eigenvalue weighted by molar-refractivity contribution is 5.35. The van der Waals surface area contributed by atoms with E-state index in [9.17, 15) is 14.3 Å². The molecule has 4 atom stereocenters. The van der Waals surface area contributed by atoms with Crippen molar-refractivity contribution in [3.63, 3.8) is 0 Å². The number of aliphatic hydroxyl groups is 2. The van der Waals surface area contributed by atoms with Crippen LogP contribution in [0.5, 0.6) is 0 Å². The van der Waals surface area contributed by atoms with Gasteiger partial charge in [0.25, 0.3) is 0 Å². The molecule has 1 aromatic heterocycles. The first-order valence-corrected chi connectivity index (χ1v) is 5.39. The molecule has 0 amide bonds. The molecular formula is C10H14FN3O4. The summed E-state index contributed by atoms with van der Waals surface area (Å²) < 4.78 is 19.6. The molecule has 100 valence electrons. The van der Waals surface area contributed by atoms with Crippen LogP contribution in [0.4, 0.5) is 10.2 Å². The Kier molecular flexibility index (Phi) is 3.33. The average molecular weight is 259 g/mol. The van der Waals surface area contributed by atoms with Crippen molar-refractivity contribution in [2.24, 2.45) is 0 Å². The van der Waals surface area contributed by atoms with Gasteiger partial charge < -0.3 is 20.7 Å². The van der Waals surface area contributed by atoms with Crippen molar-refractivity contribution in [2.45, 2.75) is 31.5 Å². The zero-order valence-electron chi connectivity index (χ0n) is 9.65. The minimum absolute atomic E-state index is 0.0687. The van der Waals surface area contributed by atoms with E-state index in [-0.39, 0.29) is 5.82 Å². The number of hydrogen-bond donors (Lipinski definition) is 3. The highest BCUT2D eigenvalue weighted by Gasteiger charge is 2.45. The van der Waals surface area contributed by atoms with Crippen molar-refractivity contribution >= 4 is 5.82 Å². The normalized spacial score (nSPS) is 31.8. The van der Waals surface area contributed by atoms with Crippen LogP contribution in [0, 0.1) is 6.92 Å². The molecule has 1 aliphatic rings. The van der Waals surface area contributed by atoms with E-state index in [1.54, 1.807) is 6.92 Å². The lowest BCUT2D eigenvalue weighted by atomic mass is 10.1. The maximum absolute atomic E-state index is 13.5. The second kappa shape index (κ2) is 4.63. The largest absolute Gasteiger partial charge is 0.394 e. The number of nitrogens with zero attached hydrogens (tertiary/aromatic N) is 2. The van der Waals surface area contributed by atoms with Crippen LogP contribution >= 0.6 is 0 Å². The van der Waals surface area contributed by atoms with E-state index in [1.807, 2.05) is 0 Å². The Morgan fingerprint density at radius 1 is 1.67 bits per heavy atom. The Morgan fingerprint density at radius 2 is 2.33 bits per heavy atom. The monoisotopic (exact) mass is 259 g/mol. The zero-order valence-corrected chi connectivity index (χ0v) is 9.65. The van der Waals surface area contributed by atoms with Crippen molar-refractivity contribution in [1.82, 2.24) is 9.55 Å². The second-order valence-corrected chi connectivity index (χ2v) is 4.18. The fourth-order valence-corrected chi connectivity index (χ4v) is 1.85. The van der Waals surface area contributed by atoms with Crippen LogP contribution < -0.4 is 11.4 Å². The Hall–Kier alpha value is -1.51. The Morgan fingerprint density at radius 3 is 2.89 bits per heavy atom.